The van der Waals surface area contributed by atoms with Crippen molar-refractivity contribution in [1.82, 2.24) is 25.1 Å². The van der Waals surface area contributed by atoms with E-state index < -0.39 is 12.2 Å². The Balaban J connectivity index is 1.43. The van der Waals surface area contributed by atoms with Gasteiger partial charge in [0.25, 0.3) is 0 Å². The van der Waals surface area contributed by atoms with Gasteiger partial charge in [-0.25, -0.2) is 9.80 Å². The summed E-state index contributed by atoms with van der Waals surface area (Å²) in [5.74, 6) is 2.46. The zero-order chi connectivity index (χ0) is 30.9. The van der Waals surface area contributed by atoms with Gasteiger partial charge >= 0.3 is 6.03 Å². The van der Waals surface area contributed by atoms with E-state index >= 15 is 0 Å². The third-order valence-corrected chi connectivity index (χ3v) is 8.52. The molecule has 1 N–H and O–H groups in total. The Labute approximate surface area is 260 Å². The van der Waals surface area contributed by atoms with Crippen molar-refractivity contribution in [3.05, 3.63) is 108 Å². The van der Waals surface area contributed by atoms with Crippen LogP contribution in [0.2, 0.25) is 0 Å². The fraction of sp³-hybridized carbons (Fsp3) is 0.361. The van der Waals surface area contributed by atoms with Crippen LogP contribution in [0.25, 0.3) is 0 Å². The first kappa shape index (κ1) is 30.8. The van der Waals surface area contributed by atoms with Crippen LogP contribution in [0.1, 0.15) is 55.2 Å². The number of carbonyl (C=O) groups is 3. The number of benzene rings is 3. The predicted octanol–water partition coefficient (Wildman–Crippen LogP) is 4.84. The molecule has 4 amide bonds. The van der Waals surface area contributed by atoms with Gasteiger partial charge in [0.15, 0.2) is 0 Å². The number of terminal acetylenes is 1. The number of rotatable bonds is 11. The van der Waals surface area contributed by atoms with Gasteiger partial charge in [0.2, 0.25) is 11.8 Å². The Morgan fingerprint density at radius 1 is 0.955 bits per heavy atom. The van der Waals surface area contributed by atoms with Crippen LogP contribution in [0.3, 0.4) is 0 Å². The molecular formula is C36H41N5O3. The summed E-state index contributed by atoms with van der Waals surface area (Å²) in [6, 6.07) is 29.3. The number of hydrazine groups is 1. The smallest absolute Gasteiger partial charge is 0.334 e. The lowest BCUT2D eigenvalue weighted by Crippen LogP contribution is -2.76. The number of urea groups is 1. The lowest BCUT2D eigenvalue weighted by molar-refractivity contribution is -0.189. The van der Waals surface area contributed by atoms with Crippen molar-refractivity contribution in [3.63, 3.8) is 0 Å². The number of nitrogens with zero attached hydrogens (tertiary/aromatic N) is 4. The zero-order valence-electron chi connectivity index (χ0n) is 25.3. The third kappa shape index (κ3) is 6.95. The number of carbonyl (C=O) groups excluding carboxylic acids is 3. The predicted molar refractivity (Wildman–Crippen MR) is 171 cm³/mol. The van der Waals surface area contributed by atoms with Gasteiger partial charge in [0.1, 0.15) is 12.2 Å². The molecule has 5 rings (SSSR count). The van der Waals surface area contributed by atoms with Gasteiger partial charge in [-0.3, -0.25) is 9.59 Å². The standard InChI is InChI=1S/C36H41N5O3/c1-3-5-21-32-35(43)38(24-22-31(29-17-11-7-12-18-29)30-19-13-8-14-20-30)26-33-40(32)34(42)27-39(23-4-2)41(33)36(44)37-25-28-15-9-6-10-16-28/h2,6-20,31-33H,3,5,21-27H2,1H3,(H,37,44)/t32-,33-/m0/s1. The second-order valence-electron chi connectivity index (χ2n) is 11.4. The van der Waals surface area contributed by atoms with Gasteiger partial charge in [-0.15, -0.1) is 6.42 Å². The van der Waals surface area contributed by atoms with E-state index in [9.17, 15) is 14.4 Å². The summed E-state index contributed by atoms with van der Waals surface area (Å²) in [5.41, 5.74) is 3.33. The maximum atomic E-state index is 14.1. The lowest BCUT2D eigenvalue weighted by Gasteiger charge is -2.55. The Bertz CT molecular complexity index is 1400. The van der Waals surface area contributed by atoms with E-state index in [4.69, 9.17) is 6.42 Å². The normalized spacial score (nSPS) is 18.7. The van der Waals surface area contributed by atoms with Gasteiger partial charge in [0.05, 0.1) is 19.6 Å². The highest BCUT2D eigenvalue weighted by Gasteiger charge is 2.51. The van der Waals surface area contributed by atoms with Crippen molar-refractivity contribution in [2.24, 2.45) is 0 Å². The van der Waals surface area contributed by atoms with E-state index in [0.29, 0.717) is 25.9 Å². The van der Waals surface area contributed by atoms with Crippen molar-refractivity contribution in [3.8, 4) is 12.3 Å². The summed E-state index contributed by atoms with van der Waals surface area (Å²) in [4.78, 5) is 45.0. The molecule has 0 aromatic heterocycles. The molecule has 8 nitrogen and oxygen atoms in total. The SMILES string of the molecule is C#CCN1CC(=O)N2[C@@H](CCCC)C(=O)N(CCC(c3ccccc3)c3ccccc3)C[C@@H]2N1C(=O)NCc1ccccc1. The molecule has 0 spiro atoms. The molecule has 0 saturated carbocycles. The van der Waals surface area contributed by atoms with Gasteiger partial charge in [-0.1, -0.05) is 117 Å². The van der Waals surface area contributed by atoms with Gasteiger partial charge in [-0.2, -0.15) is 5.01 Å². The topological polar surface area (TPSA) is 76.2 Å². The molecule has 2 saturated heterocycles. The molecule has 44 heavy (non-hydrogen) atoms. The van der Waals surface area contributed by atoms with Crippen LogP contribution in [-0.2, 0) is 16.1 Å². The largest absolute Gasteiger partial charge is 0.337 e. The Morgan fingerprint density at radius 2 is 1.57 bits per heavy atom. The minimum absolute atomic E-state index is 0.0561. The minimum atomic E-state index is -0.660. The van der Waals surface area contributed by atoms with Crippen LogP contribution in [0, 0.1) is 12.3 Å². The van der Waals surface area contributed by atoms with E-state index in [-0.39, 0.29) is 43.4 Å². The fourth-order valence-electron chi connectivity index (χ4n) is 6.35. The van der Waals surface area contributed by atoms with Crippen LogP contribution < -0.4 is 5.32 Å². The maximum Gasteiger partial charge on any atom is 0.334 e. The number of hydrogen-bond donors (Lipinski definition) is 1. The molecule has 0 aliphatic carbocycles. The monoisotopic (exact) mass is 591 g/mol. The van der Waals surface area contributed by atoms with E-state index in [1.165, 1.54) is 11.1 Å². The lowest BCUT2D eigenvalue weighted by atomic mass is 9.88. The van der Waals surface area contributed by atoms with Crippen molar-refractivity contribution in [2.75, 3.05) is 26.2 Å². The summed E-state index contributed by atoms with van der Waals surface area (Å²) < 4.78 is 0. The summed E-state index contributed by atoms with van der Waals surface area (Å²) >= 11 is 0. The highest BCUT2D eigenvalue weighted by molar-refractivity contribution is 5.91. The van der Waals surface area contributed by atoms with E-state index in [1.54, 1.807) is 14.9 Å². The van der Waals surface area contributed by atoms with Gasteiger partial charge in [0, 0.05) is 19.0 Å². The molecule has 0 radical (unpaired) electrons. The first-order chi connectivity index (χ1) is 21.5. The molecule has 2 fully saturated rings. The summed E-state index contributed by atoms with van der Waals surface area (Å²) in [5, 5.41) is 6.23. The molecule has 2 aliphatic rings. The second kappa shape index (κ2) is 14.7. The molecule has 3 aromatic rings. The van der Waals surface area contributed by atoms with Crippen LogP contribution >= 0.6 is 0 Å². The summed E-state index contributed by atoms with van der Waals surface area (Å²) in [6.45, 7) is 3.15. The molecule has 228 valence electrons. The number of amides is 4. The zero-order valence-corrected chi connectivity index (χ0v) is 25.3. The Morgan fingerprint density at radius 3 is 2.16 bits per heavy atom. The Kier molecular flexibility index (Phi) is 10.3. The number of fused-ring (bicyclic) bond motifs is 1. The number of unbranched alkanes of at least 4 members (excludes halogenated alkanes) is 1. The van der Waals surface area contributed by atoms with Crippen LogP contribution in [0.15, 0.2) is 91.0 Å². The average molecular weight is 592 g/mol. The average Bonchev–Trinajstić information content (AvgIpc) is 3.05. The molecule has 2 aliphatic heterocycles. The highest BCUT2D eigenvalue weighted by Crippen LogP contribution is 2.32. The molecular weight excluding hydrogens is 550 g/mol. The van der Waals surface area contributed by atoms with Crippen LogP contribution in [-0.4, -0.2) is 76.0 Å². The van der Waals surface area contributed by atoms with Crippen LogP contribution in [0.5, 0.6) is 0 Å². The molecule has 2 atom stereocenters. The highest BCUT2D eigenvalue weighted by atomic mass is 16.2. The number of nitrogens with one attached hydrogen (secondary N) is 1. The minimum Gasteiger partial charge on any atom is -0.337 e. The molecule has 0 bridgehead atoms. The number of piperazine rings is 1. The molecule has 0 unspecified atom stereocenters. The first-order valence-electron chi connectivity index (χ1n) is 15.5. The van der Waals surface area contributed by atoms with Crippen molar-refractivity contribution in [1.29, 1.82) is 0 Å². The van der Waals surface area contributed by atoms with E-state index in [0.717, 1.165) is 18.4 Å². The Hall–Kier alpha value is -4.61. The second-order valence-corrected chi connectivity index (χ2v) is 11.4. The molecule has 2 heterocycles. The quantitative estimate of drug-likeness (QED) is 0.324. The van der Waals surface area contributed by atoms with E-state index in [1.807, 2.05) is 71.6 Å². The molecule has 3 aromatic carbocycles. The maximum absolute atomic E-state index is 14.1. The van der Waals surface area contributed by atoms with E-state index in [2.05, 4.69) is 42.4 Å². The summed E-state index contributed by atoms with van der Waals surface area (Å²) in [6.07, 6.45) is 7.97. The summed E-state index contributed by atoms with van der Waals surface area (Å²) in [7, 11) is 0. The van der Waals surface area contributed by atoms with Crippen molar-refractivity contribution >= 4 is 17.8 Å². The third-order valence-electron chi connectivity index (χ3n) is 8.52. The molecule has 8 heteroatoms. The first-order valence-corrected chi connectivity index (χ1v) is 15.5. The fourth-order valence-corrected chi connectivity index (χ4v) is 6.35. The van der Waals surface area contributed by atoms with Gasteiger partial charge in [-0.05, 0) is 29.5 Å². The van der Waals surface area contributed by atoms with Crippen molar-refractivity contribution in [2.45, 2.75) is 57.3 Å². The van der Waals surface area contributed by atoms with Crippen molar-refractivity contribution < 1.29 is 14.4 Å². The van der Waals surface area contributed by atoms with Gasteiger partial charge < -0.3 is 15.1 Å². The van der Waals surface area contributed by atoms with Crippen LogP contribution in [0.4, 0.5) is 4.79 Å². The number of hydrogen-bond acceptors (Lipinski definition) is 4.